The molecule has 2 heterocycles. The zero-order valence-electron chi connectivity index (χ0n) is 19.6. The highest BCUT2D eigenvalue weighted by Crippen LogP contribution is 2.26. The molecule has 0 bridgehead atoms. The lowest BCUT2D eigenvalue weighted by atomic mass is 10.0. The number of carbonyl (C=O) groups is 5. The standard InChI is InChI=1S/C24H33N5O6/c25-16(10-11-20(26)30)21(31)27-17(14-15-6-2-1-3-7-15)22(32)28-12-4-8-18(28)23(33)29-13-5-9-19(29)24(34)35/h1-3,6-7,16-19H,4-5,8-14,25H2,(H2,26,30)(H,27,31)(H,34,35). The van der Waals surface area contributed by atoms with Crippen LogP contribution in [0.5, 0.6) is 0 Å². The van der Waals surface area contributed by atoms with Crippen LogP contribution in [0.15, 0.2) is 30.3 Å². The highest BCUT2D eigenvalue weighted by molar-refractivity contribution is 5.95. The molecule has 190 valence electrons. The van der Waals surface area contributed by atoms with E-state index in [1.165, 1.54) is 9.80 Å². The number of nitrogens with zero attached hydrogens (tertiary/aromatic N) is 2. The van der Waals surface area contributed by atoms with Crippen molar-refractivity contribution >= 4 is 29.6 Å². The summed E-state index contributed by atoms with van der Waals surface area (Å²) < 4.78 is 0. The molecule has 35 heavy (non-hydrogen) atoms. The van der Waals surface area contributed by atoms with Crippen molar-refractivity contribution in [2.24, 2.45) is 11.5 Å². The van der Waals surface area contributed by atoms with E-state index in [1.807, 2.05) is 30.3 Å². The summed E-state index contributed by atoms with van der Waals surface area (Å²) in [5.41, 5.74) is 11.9. The first-order valence-corrected chi connectivity index (χ1v) is 11.9. The van der Waals surface area contributed by atoms with Crippen LogP contribution in [-0.2, 0) is 30.4 Å². The second-order valence-corrected chi connectivity index (χ2v) is 9.08. The molecule has 4 atom stereocenters. The van der Waals surface area contributed by atoms with Gasteiger partial charge in [-0.3, -0.25) is 19.2 Å². The fourth-order valence-corrected chi connectivity index (χ4v) is 4.72. The van der Waals surface area contributed by atoms with Gasteiger partial charge in [0.1, 0.15) is 18.1 Å². The number of hydrogen-bond donors (Lipinski definition) is 4. The number of nitrogens with one attached hydrogen (secondary N) is 1. The lowest BCUT2D eigenvalue weighted by molar-refractivity contribution is -0.152. The molecular weight excluding hydrogens is 454 g/mol. The fourth-order valence-electron chi connectivity index (χ4n) is 4.72. The number of benzene rings is 1. The van der Waals surface area contributed by atoms with Gasteiger partial charge in [0.2, 0.25) is 23.6 Å². The van der Waals surface area contributed by atoms with E-state index in [0.717, 1.165) is 5.56 Å². The van der Waals surface area contributed by atoms with Crippen LogP contribution < -0.4 is 16.8 Å². The Labute approximate surface area is 203 Å². The van der Waals surface area contributed by atoms with Crippen molar-refractivity contribution in [3.63, 3.8) is 0 Å². The van der Waals surface area contributed by atoms with Gasteiger partial charge in [0.05, 0.1) is 6.04 Å². The number of amides is 4. The summed E-state index contributed by atoms with van der Waals surface area (Å²) in [6, 6.07) is 5.46. The highest BCUT2D eigenvalue weighted by atomic mass is 16.4. The molecule has 2 aliphatic rings. The molecule has 1 aromatic carbocycles. The first-order valence-electron chi connectivity index (χ1n) is 11.9. The summed E-state index contributed by atoms with van der Waals surface area (Å²) >= 11 is 0. The topological polar surface area (TPSA) is 176 Å². The van der Waals surface area contributed by atoms with Crippen LogP contribution in [0.3, 0.4) is 0 Å². The van der Waals surface area contributed by atoms with Crippen LogP contribution in [0.1, 0.15) is 44.1 Å². The maximum atomic E-state index is 13.6. The fraction of sp³-hybridized carbons (Fsp3) is 0.542. The number of nitrogens with two attached hydrogens (primary N) is 2. The Balaban J connectivity index is 1.77. The van der Waals surface area contributed by atoms with Crippen molar-refractivity contribution in [2.75, 3.05) is 13.1 Å². The smallest absolute Gasteiger partial charge is 0.326 e. The van der Waals surface area contributed by atoms with Gasteiger partial charge >= 0.3 is 5.97 Å². The largest absolute Gasteiger partial charge is 0.480 e. The molecule has 2 saturated heterocycles. The van der Waals surface area contributed by atoms with Crippen molar-refractivity contribution in [1.82, 2.24) is 15.1 Å². The Bertz CT molecular complexity index is 955. The molecule has 2 aliphatic heterocycles. The summed E-state index contributed by atoms with van der Waals surface area (Å²) in [6.07, 6.45) is 2.18. The van der Waals surface area contributed by atoms with Crippen LogP contribution in [0.4, 0.5) is 0 Å². The van der Waals surface area contributed by atoms with Crippen molar-refractivity contribution in [3.8, 4) is 0 Å². The summed E-state index contributed by atoms with van der Waals surface area (Å²) in [5.74, 6) is -3.01. The summed E-state index contributed by atoms with van der Waals surface area (Å²) in [4.78, 5) is 65.0. The normalized spacial score (nSPS) is 21.4. The summed E-state index contributed by atoms with van der Waals surface area (Å²) in [7, 11) is 0. The van der Waals surface area contributed by atoms with E-state index in [1.54, 1.807) is 0 Å². The lowest BCUT2D eigenvalue weighted by Crippen LogP contribution is -2.57. The molecule has 0 aromatic heterocycles. The monoisotopic (exact) mass is 487 g/mol. The maximum absolute atomic E-state index is 13.6. The predicted octanol–water partition coefficient (Wildman–Crippen LogP) is -0.627. The van der Waals surface area contributed by atoms with E-state index in [2.05, 4.69) is 5.32 Å². The van der Waals surface area contributed by atoms with Gasteiger partial charge in [-0.25, -0.2) is 4.79 Å². The number of carbonyl (C=O) groups excluding carboxylic acids is 4. The van der Waals surface area contributed by atoms with Gasteiger partial charge < -0.3 is 31.7 Å². The maximum Gasteiger partial charge on any atom is 0.326 e. The van der Waals surface area contributed by atoms with Crippen LogP contribution in [0.25, 0.3) is 0 Å². The Morgan fingerprint density at radius 1 is 1.00 bits per heavy atom. The van der Waals surface area contributed by atoms with Gasteiger partial charge in [0.25, 0.3) is 0 Å². The summed E-state index contributed by atoms with van der Waals surface area (Å²) in [6.45, 7) is 0.670. The zero-order valence-corrected chi connectivity index (χ0v) is 19.6. The third-order valence-corrected chi connectivity index (χ3v) is 6.58. The van der Waals surface area contributed by atoms with Gasteiger partial charge in [-0.05, 0) is 37.7 Å². The predicted molar refractivity (Wildman–Crippen MR) is 126 cm³/mol. The number of likely N-dealkylation sites (tertiary alicyclic amines) is 2. The quantitative estimate of drug-likeness (QED) is 0.340. The van der Waals surface area contributed by atoms with E-state index in [4.69, 9.17) is 11.5 Å². The van der Waals surface area contributed by atoms with E-state index in [9.17, 15) is 29.1 Å². The van der Waals surface area contributed by atoms with E-state index in [-0.39, 0.29) is 25.2 Å². The number of carboxylic acids is 1. The van der Waals surface area contributed by atoms with Crippen molar-refractivity contribution in [2.45, 2.75) is 69.1 Å². The van der Waals surface area contributed by atoms with Crippen LogP contribution in [0, 0.1) is 0 Å². The summed E-state index contributed by atoms with van der Waals surface area (Å²) in [5, 5.41) is 12.2. The van der Waals surface area contributed by atoms with Crippen molar-refractivity contribution in [3.05, 3.63) is 35.9 Å². The second-order valence-electron chi connectivity index (χ2n) is 9.08. The lowest BCUT2D eigenvalue weighted by Gasteiger charge is -2.32. The minimum Gasteiger partial charge on any atom is -0.480 e. The van der Waals surface area contributed by atoms with E-state index < -0.39 is 47.9 Å². The third-order valence-electron chi connectivity index (χ3n) is 6.58. The molecule has 1 aromatic rings. The van der Waals surface area contributed by atoms with Gasteiger partial charge in [0, 0.05) is 25.9 Å². The minimum absolute atomic E-state index is 0.0454. The first-order chi connectivity index (χ1) is 16.7. The molecule has 0 spiro atoms. The number of carboxylic acid groups (broad SMARTS) is 1. The molecular formula is C24H33N5O6. The minimum atomic E-state index is -1.05. The SMILES string of the molecule is NC(=O)CCC(N)C(=O)NC(Cc1ccccc1)C(=O)N1CCCC1C(=O)N1CCCC1C(=O)O. The first kappa shape index (κ1) is 26.1. The van der Waals surface area contributed by atoms with E-state index in [0.29, 0.717) is 38.8 Å². The number of rotatable bonds is 10. The molecule has 3 rings (SSSR count). The van der Waals surface area contributed by atoms with Crippen molar-refractivity contribution < 1.29 is 29.1 Å². The molecule has 11 nitrogen and oxygen atoms in total. The molecule has 4 unspecified atom stereocenters. The molecule has 0 radical (unpaired) electrons. The molecule has 0 aliphatic carbocycles. The third kappa shape index (κ3) is 6.56. The average molecular weight is 488 g/mol. The van der Waals surface area contributed by atoms with Gasteiger partial charge in [-0.1, -0.05) is 30.3 Å². The number of hydrogen-bond acceptors (Lipinski definition) is 6. The van der Waals surface area contributed by atoms with Gasteiger partial charge in [-0.15, -0.1) is 0 Å². The zero-order chi connectivity index (χ0) is 25.5. The molecule has 6 N–H and O–H groups in total. The Morgan fingerprint density at radius 3 is 2.26 bits per heavy atom. The number of aliphatic carboxylic acids is 1. The van der Waals surface area contributed by atoms with Crippen molar-refractivity contribution in [1.29, 1.82) is 0 Å². The van der Waals surface area contributed by atoms with Crippen LogP contribution in [0.2, 0.25) is 0 Å². The van der Waals surface area contributed by atoms with Crippen LogP contribution >= 0.6 is 0 Å². The van der Waals surface area contributed by atoms with E-state index >= 15 is 0 Å². The molecule has 0 saturated carbocycles. The van der Waals surface area contributed by atoms with Crippen LogP contribution in [-0.4, -0.2) is 81.8 Å². The highest BCUT2D eigenvalue weighted by Gasteiger charge is 2.43. The second kappa shape index (κ2) is 11.8. The Kier molecular flexibility index (Phi) is 8.80. The Hall–Kier alpha value is -3.47. The molecule has 2 fully saturated rings. The average Bonchev–Trinajstić information content (AvgIpc) is 3.52. The molecule has 4 amide bonds. The van der Waals surface area contributed by atoms with Gasteiger partial charge in [0.15, 0.2) is 0 Å². The number of primary amides is 1. The Morgan fingerprint density at radius 2 is 1.63 bits per heavy atom. The van der Waals surface area contributed by atoms with Gasteiger partial charge in [-0.2, -0.15) is 0 Å². The molecule has 11 heteroatoms.